The molecule has 0 unspecified atom stereocenters. The molecule has 0 aromatic heterocycles. The normalized spacial score (nSPS) is 30.2. The molecule has 1 N–H and O–H groups in total. The van der Waals surface area contributed by atoms with E-state index in [1.807, 2.05) is 6.92 Å². The van der Waals surface area contributed by atoms with E-state index in [1.165, 1.54) is 0 Å². The Morgan fingerprint density at radius 2 is 1.88 bits per heavy atom. The summed E-state index contributed by atoms with van der Waals surface area (Å²) in [5, 5.41) is 9.38. The maximum Gasteiger partial charge on any atom is 0.335 e. The fourth-order valence-corrected chi connectivity index (χ4v) is 2.67. The monoisotopic (exact) mass is 242 g/mol. The Hall–Kier alpha value is -0.570. The number of carboxylic acid groups (broad SMARTS) is 1. The summed E-state index contributed by atoms with van der Waals surface area (Å²) in [4.78, 5) is 11.4. The van der Waals surface area contributed by atoms with Crippen molar-refractivity contribution in [2.24, 2.45) is 11.3 Å². The lowest BCUT2D eigenvalue weighted by Gasteiger charge is -2.41. The summed E-state index contributed by atoms with van der Waals surface area (Å²) >= 11 is 0. The van der Waals surface area contributed by atoms with E-state index in [0.29, 0.717) is 25.4 Å². The summed E-state index contributed by atoms with van der Waals surface area (Å²) < 4.78 is 5.64. The first-order valence-corrected chi connectivity index (χ1v) is 6.69. The van der Waals surface area contributed by atoms with E-state index in [-0.39, 0.29) is 5.41 Å². The Kier molecular flexibility index (Phi) is 4.59. The molecular weight excluding hydrogens is 216 g/mol. The molecule has 1 aliphatic carbocycles. The number of hydrogen-bond donors (Lipinski definition) is 1. The van der Waals surface area contributed by atoms with Crippen molar-refractivity contribution in [3.63, 3.8) is 0 Å². The first-order valence-electron chi connectivity index (χ1n) is 6.69. The minimum Gasteiger partial charge on any atom is -0.479 e. The largest absolute Gasteiger partial charge is 0.479 e. The van der Waals surface area contributed by atoms with Crippen molar-refractivity contribution in [3.8, 4) is 0 Å². The van der Waals surface area contributed by atoms with Crippen LogP contribution in [0.4, 0.5) is 0 Å². The van der Waals surface area contributed by atoms with Crippen LogP contribution in [0.5, 0.6) is 0 Å². The van der Waals surface area contributed by atoms with Crippen LogP contribution in [0.1, 0.15) is 59.8 Å². The summed E-state index contributed by atoms with van der Waals surface area (Å²) in [6.45, 7) is 9.26. The minimum atomic E-state index is -0.905. The second kappa shape index (κ2) is 5.38. The highest BCUT2D eigenvalue weighted by molar-refractivity contribution is 5.77. The van der Waals surface area contributed by atoms with Gasteiger partial charge in [-0.2, -0.15) is 0 Å². The molecule has 0 heterocycles. The first kappa shape index (κ1) is 14.5. The van der Waals surface area contributed by atoms with E-state index in [1.54, 1.807) is 0 Å². The molecule has 1 fully saturated rings. The highest BCUT2D eigenvalue weighted by atomic mass is 16.5. The van der Waals surface area contributed by atoms with Gasteiger partial charge in [0.2, 0.25) is 0 Å². The molecule has 0 aromatic rings. The zero-order valence-electron chi connectivity index (χ0n) is 11.6. The van der Waals surface area contributed by atoms with Crippen LogP contribution in [0.3, 0.4) is 0 Å². The van der Waals surface area contributed by atoms with Gasteiger partial charge in [0.1, 0.15) is 0 Å². The minimum absolute atomic E-state index is 0.273. The van der Waals surface area contributed by atoms with Gasteiger partial charge in [-0.15, -0.1) is 0 Å². The molecule has 0 radical (unpaired) electrons. The van der Waals surface area contributed by atoms with Gasteiger partial charge in [-0.1, -0.05) is 27.7 Å². The predicted octanol–water partition coefficient (Wildman–Crippen LogP) is 3.47. The van der Waals surface area contributed by atoms with Gasteiger partial charge >= 0.3 is 5.97 Å². The molecule has 0 amide bonds. The number of rotatable bonds is 4. The van der Waals surface area contributed by atoms with Gasteiger partial charge in [0, 0.05) is 6.61 Å². The fourth-order valence-electron chi connectivity index (χ4n) is 2.67. The number of carboxylic acids is 1. The molecule has 0 aromatic carbocycles. The van der Waals surface area contributed by atoms with Gasteiger partial charge in [-0.3, -0.25) is 0 Å². The highest BCUT2D eigenvalue weighted by Crippen LogP contribution is 2.43. The summed E-state index contributed by atoms with van der Waals surface area (Å²) in [5.41, 5.74) is -0.632. The van der Waals surface area contributed by atoms with E-state index in [2.05, 4.69) is 20.8 Å². The third kappa shape index (κ3) is 3.44. The molecule has 1 saturated carbocycles. The van der Waals surface area contributed by atoms with Gasteiger partial charge in [0.15, 0.2) is 5.60 Å². The maximum absolute atomic E-state index is 11.4. The highest BCUT2D eigenvalue weighted by Gasteiger charge is 2.44. The average molecular weight is 242 g/mol. The van der Waals surface area contributed by atoms with Crippen LogP contribution < -0.4 is 0 Å². The lowest BCUT2D eigenvalue weighted by atomic mass is 9.68. The van der Waals surface area contributed by atoms with Crippen molar-refractivity contribution in [1.82, 2.24) is 0 Å². The van der Waals surface area contributed by atoms with Gasteiger partial charge in [-0.25, -0.2) is 4.79 Å². The second-order valence-electron chi connectivity index (χ2n) is 6.29. The lowest BCUT2D eigenvalue weighted by molar-refractivity contribution is -0.173. The second-order valence-corrected chi connectivity index (χ2v) is 6.29. The Bertz CT molecular complexity index is 257. The van der Waals surface area contributed by atoms with Crippen LogP contribution >= 0.6 is 0 Å². The third-order valence-corrected chi connectivity index (χ3v) is 3.99. The van der Waals surface area contributed by atoms with E-state index in [9.17, 15) is 9.90 Å². The first-order chi connectivity index (χ1) is 7.82. The van der Waals surface area contributed by atoms with Gasteiger partial charge in [0.25, 0.3) is 0 Å². The van der Waals surface area contributed by atoms with E-state index in [4.69, 9.17) is 4.74 Å². The Morgan fingerprint density at radius 1 is 1.35 bits per heavy atom. The molecule has 1 aliphatic rings. The van der Waals surface area contributed by atoms with Crippen molar-refractivity contribution in [1.29, 1.82) is 0 Å². The third-order valence-electron chi connectivity index (χ3n) is 3.99. The van der Waals surface area contributed by atoms with E-state index < -0.39 is 11.6 Å². The average Bonchev–Trinajstić information content (AvgIpc) is 2.25. The van der Waals surface area contributed by atoms with Crippen LogP contribution in [0.25, 0.3) is 0 Å². The lowest BCUT2D eigenvalue weighted by Crippen LogP contribution is -2.46. The summed E-state index contributed by atoms with van der Waals surface area (Å²) in [5.74, 6) is -0.168. The molecule has 100 valence electrons. The van der Waals surface area contributed by atoms with Crippen molar-refractivity contribution in [2.75, 3.05) is 6.61 Å². The molecule has 0 bridgehead atoms. The van der Waals surface area contributed by atoms with E-state index >= 15 is 0 Å². The van der Waals surface area contributed by atoms with Crippen molar-refractivity contribution in [2.45, 2.75) is 65.4 Å². The topological polar surface area (TPSA) is 46.5 Å². The smallest absolute Gasteiger partial charge is 0.335 e. The molecule has 0 aliphatic heterocycles. The van der Waals surface area contributed by atoms with Crippen molar-refractivity contribution >= 4 is 5.97 Å². The van der Waals surface area contributed by atoms with Crippen LogP contribution in [-0.4, -0.2) is 23.3 Å². The Balaban J connectivity index is 2.64. The molecule has 17 heavy (non-hydrogen) atoms. The van der Waals surface area contributed by atoms with E-state index in [0.717, 1.165) is 19.3 Å². The predicted molar refractivity (Wildman–Crippen MR) is 68.0 cm³/mol. The van der Waals surface area contributed by atoms with Gasteiger partial charge in [-0.05, 0) is 43.4 Å². The zero-order chi connectivity index (χ0) is 13.1. The molecule has 0 atom stereocenters. The number of carbonyl (C=O) groups is 1. The Labute approximate surface area is 105 Å². The SMILES string of the molecule is CCCOC1(C(=O)O)CCC(C(C)(C)C)CC1. The molecule has 3 heteroatoms. The standard InChI is InChI=1S/C14H26O3/c1-5-10-17-14(12(15)16)8-6-11(7-9-14)13(2,3)4/h11H,5-10H2,1-4H3,(H,15,16). The maximum atomic E-state index is 11.4. The number of ether oxygens (including phenoxy) is 1. The van der Waals surface area contributed by atoms with Crippen LogP contribution in [0.2, 0.25) is 0 Å². The molecule has 0 saturated heterocycles. The van der Waals surface area contributed by atoms with Gasteiger partial charge < -0.3 is 9.84 Å². The van der Waals surface area contributed by atoms with Gasteiger partial charge in [0.05, 0.1) is 0 Å². The zero-order valence-corrected chi connectivity index (χ0v) is 11.6. The quantitative estimate of drug-likeness (QED) is 0.821. The molecular formula is C14H26O3. The summed E-state index contributed by atoms with van der Waals surface area (Å²) in [6, 6.07) is 0. The van der Waals surface area contributed by atoms with Crippen molar-refractivity contribution in [3.05, 3.63) is 0 Å². The number of aliphatic carboxylic acids is 1. The van der Waals surface area contributed by atoms with Crippen LogP contribution in [-0.2, 0) is 9.53 Å². The molecule has 1 rings (SSSR count). The van der Waals surface area contributed by atoms with Crippen LogP contribution in [0, 0.1) is 11.3 Å². The molecule has 3 nitrogen and oxygen atoms in total. The Morgan fingerprint density at radius 3 is 2.24 bits per heavy atom. The molecule has 0 spiro atoms. The summed E-state index contributed by atoms with van der Waals surface area (Å²) in [6.07, 6.45) is 4.10. The number of hydrogen-bond acceptors (Lipinski definition) is 2. The summed E-state index contributed by atoms with van der Waals surface area (Å²) in [7, 11) is 0. The van der Waals surface area contributed by atoms with Crippen molar-refractivity contribution < 1.29 is 14.6 Å². The van der Waals surface area contributed by atoms with Crippen LogP contribution in [0.15, 0.2) is 0 Å². The fraction of sp³-hybridized carbons (Fsp3) is 0.929.